The zero-order valence-electron chi connectivity index (χ0n) is 42.3. The Labute approximate surface area is 406 Å². The Morgan fingerprint density at radius 2 is 1.33 bits per heavy atom. The predicted octanol–water partition coefficient (Wildman–Crippen LogP) is 15.3. The van der Waals surface area contributed by atoms with Crippen molar-refractivity contribution >= 4 is 10.8 Å². The highest BCUT2D eigenvalue weighted by Crippen LogP contribution is 2.46. The van der Waals surface area contributed by atoms with E-state index in [0.717, 1.165) is 100 Å². The van der Waals surface area contributed by atoms with Crippen LogP contribution < -0.4 is 21.3 Å². The van der Waals surface area contributed by atoms with Crippen molar-refractivity contribution in [2.45, 2.75) is 161 Å². The molecule has 0 fully saturated rings. The van der Waals surface area contributed by atoms with Gasteiger partial charge in [0, 0.05) is 29.9 Å². The second-order valence-corrected chi connectivity index (χ2v) is 21.8. The van der Waals surface area contributed by atoms with Crippen molar-refractivity contribution in [1.82, 2.24) is 21.3 Å². The summed E-state index contributed by atoms with van der Waals surface area (Å²) in [7, 11) is 0. The zero-order chi connectivity index (χ0) is 48.0. The van der Waals surface area contributed by atoms with Crippen molar-refractivity contribution in [3.05, 3.63) is 181 Å². The largest absolute Gasteiger partial charge is 0.491 e. The average molecular weight is 901 g/mol. The molecule has 2 aliphatic rings. The third kappa shape index (κ3) is 15.8. The maximum absolute atomic E-state index is 6.33. The first-order valence-corrected chi connectivity index (χ1v) is 25.5. The highest BCUT2D eigenvalue weighted by atomic mass is 16.5. The summed E-state index contributed by atoms with van der Waals surface area (Å²) in [6.45, 7) is 36.9. The highest BCUT2D eigenvalue weighted by Gasteiger charge is 2.28. The van der Waals surface area contributed by atoms with E-state index in [2.05, 4.69) is 192 Å². The lowest BCUT2D eigenvalue weighted by atomic mass is 9.86. The molecule has 0 amide bonds. The Morgan fingerprint density at radius 1 is 0.687 bits per heavy atom. The Hall–Kier alpha value is -5.42. The number of allylic oxidation sites excluding steroid dienone is 3. The molecule has 0 bridgehead atoms. The Balaban J connectivity index is 1.07. The first-order chi connectivity index (χ1) is 32.0. The van der Waals surface area contributed by atoms with Crippen LogP contribution >= 0.6 is 0 Å². The molecule has 0 radical (unpaired) electrons. The Bertz CT molecular complexity index is 2290. The lowest BCUT2D eigenvalue weighted by Gasteiger charge is -2.32. The molecule has 0 saturated carbocycles. The van der Waals surface area contributed by atoms with E-state index < -0.39 is 0 Å². The van der Waals surface area contributed by atoms with Gasteiger partial charge in [-0.3, -0.25) is 0 Å². The molecule has 0 saturated heterocycles. The standard InChI is InChI=1S/C62H84N4O/c1-44(41-49-25-13-12-14-26-49)58(65-48(5)66-59(47(4)67-62(9,10)11)34-21-23-39-61(6,7)8)33-22-24-40-63-46(3)60(43-50-36-37-51-27-15-16-28-52(51)42-50)64-45(2)35-38-57-55-31-19-17-29-53(55)54-30-18-20-32-56(54)57/h12-13,15-20,27-32,36-37,42,49,57-60,63-66H,1-5,14,21-26,33-35,38-41,43H2,6-11H3. The quantitative estimate of drug-likeness (QED) is 0.0273. The van der Waals surface area contributed by atoms with Crippen LogP contribution in [0, 0.1) is 11.3 Å². The summed E-state index contributed by atoms with van der Waals surface area (Å²) in [5.74, 6) is 2.57. The summed E-state index contributed by atoms with van der Waals surface area (Å²) in [6, 6.07) is 33.3. The fourth-order valence-corrected chi connectivity index (χ4v) is 10.1. The summed E-state index contributed by atoms with van der Waals surface area (Å²) < 4.78 is 6.33. The molecular formula is C62H84N4O. The van der Waals surface area contributed by atoms with E-state index in [1.54, 1.807) is 0 Å². The molecule has 5 heteroatoms. The lowest BCUT2D eigenvalue weighted by Crippen LogP contribution is -2.42. The van der Waals surface area contributed by atoms with Gasteiger partial charge in [-0.2, -0.15) is 0 Å². The average Bonchev–Trinajstić information content (AvgIpc) is 3.61. The zero-order valence-corrected chi connectivity index (χ0v) is 42.3. The van der Waals surface area contributed by atoms with Crippen LogP contribution in [0.3, 0.4) is 0 Å². The van der Waals surface area contributed by atoms with E-state index in [0.29, 0.717) is 17.3 Å². The molecule has 4 atom stereocenters. The summed E-state index contributed by atoms with van der Waals surface area (Å²) in [5, 5.41) is 17.7. The molecule has 6 rings (SSSR count). The number of fused-ring (bicyclic) bond motifs is 4. The molecule has 0 aliphatic heterocycles. The summed E-state index contributed by atoms with van der Waals surface area (Å²) in [5.41, 5.74) is 10.2. The van der Waals surface area contributed by atoms with E-state index in [-0.39, 0.29) is 23.7 Å². The number of hydrogen-bond donors (Lipinski definition) is 4. The van der Waals surface area contributed by atoms with E-state index in [1.807, 2.05) is 0 Å². The number of unbranched alkanes of at least 4 members (excludes halogenated alkanes) is 2. The molecule has 0 aromatic heterocycles. The van der Waals surface area contributed by atoms with Crippen molar-refractivity contribution in [2.24, 2.45) is 11.3 Å². The van der Waals surface area contributed by atoms with Gasteiger partial charge < -0.3 is 26.0 Å². The van der Waals surface area contributed by atoms with Crippen LogP contribution in [-0.2, 0) is 11.2 Å². The van der Waals surface area contributed by atoms with Crippen LogP contribution in [0.25, 0.3) is 21.9 Å². The van der Waals surface area contributed by atoms with Gasteiger partial charge in [0.25, 0.3) is 0 Å². The fraction of sp³-hybridized carbons (Fsp3) is 0.452. The van der Waals surface area contributed by atoms with Crippen LogP contribution in [-0.4, -0.2) is 30.3 Å². The second-order valence-electron chi connectivity index (χ2n) is 21.8. The third-order valence-electron chi connectivity index (χ3n) is 13.6. The minimum atomic E-state index is -0.321. The molecule has 4 aromatic rings. The number of ether oxygens (including phenoxy) is 1. The normalized spacial score (nSPS) is 16.0. The van der Waals surface area contributed by atoms with Gasteiger partial charge in [-0.1, -0.05) is 175 Å². The van der Waals surface area contributed by atoms with Crippen molar-refractivity contribution in [2.75, 3.05) is 6.54 Å². The van der Waals surface area contributed by atoms with Crippen molar-refractivity contribution < 1.29 is 4.74 Å². The second kappa shape index (κ2) is 24.0. The first kappa shape index (κ1) is 51.0. The minimum absolute atomic E-state index is 0.0108. The number of hydrogen-bond acceptors (Lipinski definition) is 5. The molecule has 0 heterocycles. The SMILES string of the molecule is C=C(CCC1c2ccccc2-c2ccccc21)NC(Cc1ccc2ccccc2c1)C(=C)NCCCCC(NC(=C)NC(CCCCC(C)(C)C)C(=C)OC(C)(C)C)C(=C)CC1CC=CCC1. The van der Waals surface area contributed by atoms with E-state index >= 15 is 0 Å². The Kier molecular flexibility index (Phi) is 18.3. The summed E-state index contributed by atoms with van der Waals surface area (Å²) in [6.07, 6.45) is 19.3. The van der Waals surface area contributed by atoms with Gasteiger partial charge in [-0.15, -0.1) is 0 Å². The van der Waals surface area contributed by atoms with E-state index in [9.17, 15) is 0 Å². The predicted molar refractivity (Wildman–Crippen MR) is 289 cm³/mol. The molecule has 4 aromatic carbocycles. The highest BCUT2D eigenvalue weighted by molar-refractivity contribution is 5.83. The Morgan fingerprint density at radius 3 is 2.00 bits per heavy atom. The fourth-order valence-electron chi connectivity index (χ4n) is 10.1. The molecular weight excluding hydrogens is 817 g/mol. The van der Waals surface area contributed by atoms with Gasteiger partial charge in [-0.25, -0.2) is 0 Å². The molecule has 358 valence electrons. The van der Waals surface area contributed by atoms with Gasteiger partial charge in [0.05, 0.1) is 17.9 Å². The van der Waals surface area contributed by atoms with E-state index in [1.165, 1.54) is 63.4 Å². The van der Waals surface area contributed by atoms with Gasteiger partial charge in [-0.05, 0) is 148 Å². The topological polar surface area (TPSA) is 57.3 Å². The first-order valence-electron chi connectivity index (χ1n) is 25.5. The molecule has 5 nitrogen and oxygen atoms in total. The van der Waals surface area contributed by atoms with Crippen LogP contribution in [0.15, 0.2) is 165 Å². The van der Waals surface area contributed by atoms with Crippen LogP contribution in [0.1, 0.15) is 148 Å². The van der Waals surface area contributed by atoms with Crippen molar-refractivity contribution in [3.8, 4) is 11.1 Å². The minimum Gasteiger partial charge on any atom is -0.491 e. The van der Waals surface area contributed by atoms with Crippen LogP contribution in [0.4, 0.5) is 0 Å². The van der Waals surface area contributed by atoms with Gasteiger partial charge >= 0.3 is 0 Å². The lowest BCUT2D eigenvalue weighted by molar-refractivity contribution is 0.0396. The van der Waals surface area contributed by atoms with Crippen LogP contribution in [0.2, 0.25) is 0 Å². The molecule has 67 heavy (non-hydrogen) atoms. The van der Waals surface area contributed by atoms with Gasteiger partial charge in [0.15, 0.2) is 0 Å². The number of benzene rings is 4. The smallest absolute Gasteiger partial charge is 0.112 e. The molecule has 4 N–H and O–H groups in total. The maximum atomic E-state index is 6.33. The number of nitrogens with one attached hydrogen (secondary N) is 4. The maximum Gasteiger partial charge on any atom is 0.112 e. The van der Waals surface area contributed by atoms with Crippen molar-refractivity contribution in [1.29, 1.82) is 0 Å². The molecule has 2 aliphatic carbocycles. The summed E-state index contributed by atoms with van der Waals surface area (Å²) >= 11 is 0. The van der Waals surface area contributed by atoms with Crippen LogP contribution in [0.5, 0.6) is 0 Å². The molecule has 0 spiro atoms. The van der Waals surface area contributed by atoms with Crippen molar-refractivity contribution in [3.63, 3.8) is 0 Å². The van der Waals surface area contributed by atoms with Gasteiger partial charge in [0.1, 0.15) is 11.4 Å². The summed E-state index contributed by atoms with van der Waals surface area (Å²) in [4.78, 5) is 0. The van der Waals surface area contributed by atoms with Gasteiger partial charge in [0.2, 0.25) is 0 Å². The third-order valence-corrected chi connectivity index (χ3v) is 13.6. The van der Waals surface area contributed by atoms with E-state index in [4.69, 9.17) is 11.3 Å². The number of rotatable bonds is 27. The molecule has 4 unspecified atom stereocenters. The monoisotopic (exact) mass is 901 g/mol.